The molecule has 2 heterocycles. The number of H-pyrrole nitrogens is 1. The summed E-state index contributed by atoms with van der Waals surface area (Å²) < 4.78 is 21.2. The Kier molecular flexibility index (Phi) is 5.02. The Balaban J connectivity index is 2.29. The second-order valence-electron chi connectivity index (χ2n) is 4.55. The molecule has 0 aliphatic carbocycles. The number of phosphoric ester groups is 1. The molecule has 0 amide bonds. The quantitative estimate of drug-likeness (QED) is 0.215. The summed E-state index contributed by atoms with van der Waals surface area (Å²) in [6.07, 6.45) is -2.98. The number of aromatic nitrogens is 2. The van der Waals surface area contributed by atoms with Crippen molar-refractivity contribution in [3.8, 4) is 0 Å². The molecule has 0 unspecified atom stereocenters. The number of nitrogens with one attached hydrogen (secondary N) is 1. The van der Waals surface area contributed by atoms with Gasteiger partial charge in [0.1, 0.15) is 6.10 Å². The fourth-order valence-electron chi connectivity index (χ4n) is 2.10. The summed E-state index contributed by atoms with van der Waals surface area (Å²) in [5, 5.41) is 13.4. The van der Waals surface area contributed by atoms with E-state index in [4.69, 9.17) is 20.1 Å². The Hall–Kier alpha value is -1.98. The number of hydrogen-bond acceptors (Lipinski definition) is 7. The van der Waals surface area contributed by atoms with E-state index in [0.29, 0.717) is 0 Å². The average Bonchev–Trinajstić information content (AvgIpc) is 2.74. The van der Waals surface area contributed by atoms with Gasteiger partial charge in [-0.15, -0.1) is 0 Å². The van der Waals surface area contributed by atoms with E-state index < -0.39 is 50.2 Å². The van der Waals surface area contributed by atoms with E-state index in [1.807, 2.05) is 4.98 Å². The molecule has 1 aromatic heterocycles. The summed E-state index contributed by atoms with van der Waals surface area (Å²) in [6, 6.07) is -0.241. The number of aliphatic hydroxyl groups is 1. The van der Waals surface area contributed by atoms with Gasteiger partial charge in [0.15, 0.2) is 6.23 Å². The Morgan fingerprint density at radius 3 is 2.78 bits per heavy atom. The summed E-state index contributed by atoms with van der Waals surface area (Å²) >= 11 is 0. The Labute approximate surface area is 127 Å². The number of azide groups is 1. The first kappa shape index (κ1) is 17.4. The zero-order chi connectivity index (χ0) is 17.2. The monoisotopic (exact) mass is 349 g/mol. The lowest BCUT2D eigenvalue weighted by Gasteiger charge is -2.17. The molecule has 23 heavy (non-hydrogen) atoms. The van der Waals surface area contributed by atoms with Crippen LogP contribution in [0.3, 0.4) is 0 Å². The van der Waals surface area contributed by atoms with Crippen LogP contribution in [-0.4, -0.2) is 49.3 Å². The molecule has 2 rings (SSSR count). The predicted octanol–water partition coefficient (Wildman–Crippen LogP) is -1.42. The molecule has 1 fully saturated rings. The lowest BCUT2D eigenvalue weighted by atomic mass is 10.1. The largest absolute Gasteiger partial charge is 0.469 e. The minimum atomic E-state index is -4.80. The molecular weight excluding hydrogens is 337 g/mol. The van der Waals surface area contributed by atoms with E-state index in [0.717, 1.165) is 16.8 Å². The zero-order valence-corrected chi connectivity index (χ0v) is 12.2. The molecule has 0 radical (unpaired) electrons. The van der Waals surface area contributed by atoms with Gasteiger partial charge in [0, 0.05) is 17.2 Å². The Bertz CT molecular complexity index is 779. The van der Waals surface area contributed by atoms with Crippen LogP contribution in [0.5, 0.6) is 0 Å². The summed E-state index contributed by atoms with van der Waals surface area (Å²) in [5.74, 6) is 0. The van der Waals surface area contributed by atoms with Gasteiger partial charge in [0.05, 0.1) is 18.8 Å². The number of ether oxygens (including phenoxy) is 1. The van der Waals surface area contributed by atoms with Gasteiger partial charge in [-0.1, -0.05) is 5.11 Å². The molecule has 1 aromatic rings. The van der Waals surface area contributed by atoms with Crippen LogP contribution < -0.4 is 11.2 Å². The molecular formula is C9H12N5O8P. The minimum Gasteiger partial charge on any atom is -0.388 e. The maximum atomic E-state index is 11.7. The molecule has 4 N–H and O–H groups in total. The second kappa shape index (κ2) is 6.64. The lowest BCUT2D eigenvalue weighted by molar-refractivity contribution is -0.0526. The van der Waals surface area contributed by atoms with Gasteiger partial charge in [0.2, 0.25) is 0 Å². The van der Waals surface area contributed by atoms with E-state index in [1.54, 1.807) is 0 Å². The maximum Gasteiger partial charge on any atom is 0.469 e. The standard InChI is InChI=1S/C9H12N5O8P/c10-13-12-6-4(3-21-23(18,19)20)22-8(7(6)16)14-2-1-5(15)11-9(14)17/h1-2,4,6-8,16H,3H2,(H,11,15,17)(H2,18,19,20)/t4-,6-,7-,8-/m1/s1. The zero-order valence-electron chi connectivity index (χ0n) is 11.3. The predicted molar refractivity (Wildman–Crippen MR) is 72.2 cm³/mol. The molecule has 0 bridgehead atoms. The number of nitrogens with zero attached hydrogens (tertiary/aromatic N) is 4. The van der Waals surface area contributed by atoms with Gasteiger partial charge in [-0.3, -0.25) is 18.9 Å². The van der Waals surface area contributed by atoms with E-state index in [9.17, 15) is 19.3 Å². The van der Waals surface area contributed by atoms with E-state index >= 15 is 0 Å². The minimum absolute atomic E-state index is 0.660. The number of phosphoric acid groups is 1. The first-order chi connectivity index (χ1) is 10.7. The third kappa shape index (κ3) is 4.06. The summed E-state index contributed by atoms with van der Waals surface area (Å²) in [4.78, 5) is 44.6. The van der Waals surface area contributed by atoms with E-state index in [2.05, 4.69) is 14.5 Å². The third-order valence-electron chi connectivity index (χ3n) is 3.05. The van der Waals surface area contributed by atoms with Crippen molar-refractivity contribution in [1.82, 2.24) is 9.55 Å². The highest BCUT2D eigenvalue weighted by atomic mass is 31.2. The SMILES string of the molecule is [N-]=[N+]=N[C@H]1[C@@H](O)[C@H](n2ccc(=O)[nH]c2=O)O[C@@H]1COP(=O)(O)O. The van der Waals surface area contributed by atoms with Gasteiger partial charge in [-0.2, -0.15) is 0 Å². The molecule has 0 saturated carbocycles. The van der Waals surface area contributed by atoms with Crippen molar-refractivity contribution < 1.29 is 28.7 Å². The molecule has 4 atom stereocenters. The van der Waals surface area contributed by atoms with Crippen LogP contribution in [0.15, 0.2) is 27.0 Å². The molecule has 1 saturated heterocycles. The van der Waals surface area contributed by atoms with E-state index in [1.165, 1.54) is 0 Å². The van der Waals surface area contributed by atoms with Gasteiger partial charge >= 0.3 is 13.5 Å². The van der Waals surface area contributed by atoms with Gasteiger partial charge in [-0.05, 0) is 5.53 Å². The summed E-state index contributed by atoms with van der Waals surface area (Å²) in [6.45, 7) is -0.681. The molecule has 1 aliphatic heterocycles. The fourth-order valence-corrected chi connectivity index (χ4v) is 2.44. The molecule has 1 aliphatic rings. The normalized spacial score (nSPS) is 27.6. The fraction of sp³-hybridized carbons (Fsp3) is 0.556. The summed E-state index contributed by atoms with van der Waals surface area (Å²) in [7, 11) is -4.80. The first-order valence-electron chi connectivity index (χ1n) is 6.12. The van der Waals surface area contributed by atoms with Crippen LogP contribution in [0.4, 0.5) is 0 Å². The highest BCUT2D eigenvalue weighted by molar-refractivity contribution is 7.46. The van der Waals surface area contributed by atoms with Gasteiger partial charge in [0.25, 0.3) is 5.56 Å². The number of rotatable bonds is 5. The topological polar surface area (TPSA) is 200 Å². The molecule has 13 nitrogen and oxygen atoms in total. The third-order valence-corrected chi connectivity index (χ3v) is 3.54. The molecule has 0 aromatic carbocycles. The number of aliphatic hydroxyl groups excluding tert-OH is 1. The van der Waals surface area contributed by atoms with Crippen molar-refractivity contribution in [3.05, 3.63) is 43.5 Å². The summed E-state index contributed by atoms with van der Waals surface area (Å²) in [5.41, 5.74) is 6.98. The van der Waals surface area contributed by atoms with Crippen LogP contribution in [0, 0.1) is 0 Å². The van der Waals surface area contributed by atoms with Crippen LogP contribution in [-0.2, 0) is 13.8 Å². The van der Waals surface area contributed by atoms with Crippen LogP contribution in [0.1, 0.15) is 6.23 Å². The van der Waals surface area contributed by atoms with Crippen molar-refractivity contribution in [2.75, 3.05) is 6.61 Å². The van der Waals surface area contributed by atoms with Crippen molar-refractivity contribution in [3.63, 3.8) is 0 Å². The van der Waals surface area contributed by atoms with Gasteiger partial charge in [-0.25, -0.2) is 9.36 Å². The second-order valence-corrected chi connectivity index (χ2v) is 5.79. The van der Waals surface area contributed by atoms with Gasteiger partial charge < -0.3 is 19.6 Å². The Morgan fingerprint density at radius 2 is 2.22 bits per heavy atom. The molecule has 126 valence electrons. The Morgan fingerprint density at radius 1 is 1.52 bits per heavy atom. The van der Waals surface area contributed by atoms with Crippen molar-refractivity contribution >= 4 is 7.82 Å². The molecule has 14 heteroatoms. The number of hydrogen-bond donors (Lipinski definition) is 4. The molecule has 0 spiro atoms. The lowest BCUT2D eigenvalue weighted by Crippen LogP contribution is -2.37. The number of aromatic amines is 1. The van der Waals surface area contributed by atoms with Crippen molar-refractivity contribution in [2.24, 2.45) is 5.11 Å². The van der Waals surface area contributed by atoms with E-state index in [-0.39, 0.29) is 0 Å². The van der Waals surface area contributed by atoms with Crippen LogP contribution >= 0.6 is 7.82 Å². The first-order valence-corrected chi connectivity index (χ1v) is 7.65. The van der Waals surface area contributed by atoms with Crippen LogP contribution in [0.2, 0.25) is 0 Å². The highest BCUT2D eigenvalue weighted by Gasteiger charge is 2.45. The average molecular weight is 349 g/mol. The van der Waals surface area contributed by atoms with Crippen LogP contribution in [0.25, 0.3) is 10.4 Å². The van der Waals surface area contributed by atoms with Crippen molar-refractivity contribution in [2.45, 2.75) is 24.5 Å². The maximum absolute atomic E-state index is 11.7. The van der Waals surface area contributed by atoms with Crippen molar-refractivity contribution in [1.29, 1.82) is 0 Å². The highest BCUT2D eigenvalue weighted by Crippen LogP contribution is 2.38. The smallest absolute Gasteiger partial charge is 0.388 e.